The number of halogens is 1. The third-order valence-electron chi connectivity index (χ3n) is 2.74. The van der Waals surface area contributed by atoms with Crippen LogP contribution in [0.4, 0.5) is 10.7 Å². The standard InChI is InChI=1S/C14H13ClN2O5S/c1-21-7-8-22-13-9(15)3-2-4-10(13)16-14(18)11-5-6-12(23-11)17(19)20/h2-6H,7-8H2,1H3,(H,16,18). The summed E-state index contributed by atoms with van der Waals surface area (Å²) in [6.07, 6.45) is 0. The van der Waals surface area contributed by atoms with E-state index in [2.05, 4.69) is 5.32 Å². The third-order valence-corrected chi connectivity index (χ3v) is 4.08. The summed E-state index contributed by atoms with van der Waals surface area (Å²) in [6.45, 7) is 0.642. The molecule has 1 aromatic carbocycles. The van der Waals surface area contributed by atoms with Gasteiger partial charge in [0.05, 0.1) is 27.1 Å². The van der Waals surface area contributed by atoms with E-state index in [1.54, 1.807) is 25.3 Å². The molecule has 0 radical (unpaired) electrons. The predicted molar refractivity (Wildman–Crippen MR) is 87.7 cm³/mol. The zero-order valence-electron chi connectivity index (χ0n) is 12.1. The average molecular weight is 357 g/mol. The lowest BCUT2D eigenvalue weighted by Crippen LogP contribution is -2.13. The van der Waals surface area contributed by atoms with Gasteiger partial charge >= 0.3 is 5.00 Å². The number of benzene rings is 1. The topological polar surface area (TPSA) is 90.7 Å². The first kappa shape index (κ1) is 17.2. The van der Waals surface area contributed by atoms with Crippen molar-refractivity contribution in [1.82, 2.24) is 0 Å². The maximum atomic E-state index is 12.2. The number of ether oxygens (including phenoxy) is 2. The smallest absolute Gasteiger partial charge is 0.324 e. The van der Waals surface area contributed by atoms with Gasteiger partial charge in [0.15, 0.2) is 5.75 Å². The number of para-hydroxylation sites is 1. The molecule has 1 N–H and O–H groups in total. The van der Waals surface area contributed by atoms with Crippen LogP contribution in [0.1, 0.15) is 9.67 Å². The van der Waals surface area contributed by atoms with Gasteiger partial charge in [-0.3, -0.25) is 14.9 Å². The van der Waals surface area contributed by atoms with Crippen molar-refractivity contribution in [2.24, 2.45) is 0 Å². The van der Waals surface area contributed by atoms with Gasteiger partial charge in [-0.05, 0) is 18.2 Å². The number of anilines is 1. The molecule has 0 aliphatic carbocycles. The highest BCUT2D eigenvalue weighted by Crippen LogP contribution is 2.34. The van der Waals surface area contributed by atoms with Crippen molar-refractivity contribution in [3.63, 3.8) is 0 Å². The molecule has 23 heavy (non-hydrogen) atoms. The van der Waals surface area contributed by atoms with Crippen LogP contribution in [0.25, 0.3) is 0 Å². The number of amides is 1. The number of nitro groups is 1. The maximum absolute atomic E-state index is 12.2. The first-order valence-electron chi connectivity index (χ1n) is 6.48. The van der Waals surface area contributed by atoms with E-state index >= 15 is 0 Å². The van der Waals surface area contributed by atoms with Gasteiger partial charge in [-0.15, -0.1) is 0 Å². The SMILES string of the molecule is COCCOc1c(Cl)cccc1NC(=O)c1ccc([N+](=O)[O-])s1. The monoisotopic (exact) mass is 356 g/mol. The summed E-state index contributed by atoms with van der Waals surface area (Å²) in [5.74, 6) is -0.146. The van der Waals surface area contributed by atoms with Gasteiger partial charge < -0.3 is 14.8 Å². The van der Waals surface area contributed by atoms with Crippen molar-refractivity contribution in [3.8, 4) is 5.75 Å². The second-order valence-electron chi connectivity index (χ2n) is 4.31. The molecule has 0 aliphatic heterocycles. The molecule has 0 aliphatic rings. The van der Waals surface area contributed by atoms with Crippen molar-refractivity contribution < 1.29 is 19.2 Å². The number of hydrogen-bond donors (Lipinski definition) is 1. The molecular weight excluding hydrogens is 344 g/mol. The van der Waals surface area contributed by atoms with E-state index in [0.29, 0.717) is 23.1 Å². The molecule has 0 bridgehead atoms. The van der Waals surface area contributed by atoms with E-state index in [-0.39, 0.29) is 16.5 Å². The summed E-state index contributed by atoms with van der Waals surface area (Å²) in [7, 11) is 1.54. The summed E-state index contributed by atoms with van der Waals surface area (Å²) < 4.78 is 10.4. The molecule has 2 aromatic rings. The van der Waals surface area contributed by atoms with Gasteiger partial charge in [0.25, 0.3) is 5.91 Å². The van der Waals surface area contributed by atoms with Crippen molar-refractivity contribution in [3.05, 3.63) is 50.3 Å². The van der Waals surface area contributed by atoms with Gasteiger partial charge in [0, 0.05) is 13.2 Å². The lowest BCUT2D eigenvalue weighted by Gasteiger charge is -2.13. The molecule has 0 atom stereocenters. The van der Waals surface area contributed by atoms with Crippen LogP contribution in [-0.2, 0) is 4.74 Å². The number of thiophene rings is 1. The Morgan fingerprint density at radius 2 is 2.13 bits per heavy atom. The number of nitrogens with one attached hydrogen (secondary N) is 1. The van der Waals surface area contributed by atoms with E-state index in [0.717, 1.165) is 11.3 Å². The first-order chi connectivity index (χ1) is 11.0. The van der Waals surface area contributed by atoms with Crippen LogP contribution < -0.4 is 10.1 Å². The van der Waals surface area contributed by atoms with E-state index in [1.807, 2.05) is 0 Å². The van der Waals surface area contributed by atoms with Gasteiger partial charge in [-0.2, -0.15) is 0 Å². The molecule has 9 heteroatoms. The van der Waals surface area contributed by atoms with E-state index in [1.165, 1.54) is 12.1 Å². The Labute approximate surface area is 140 Å². The molecule has 1 amide bonds. The molecule has 0 saturated carbocycles. The Kier molecular flexibility index (Phi) is 5.91. The minimum absolute atomic E-state index is 0.0992. The highest BCUT2D eigenvalue weighted by atomic mass is 35.5. The minimum atomic E-state index is -0.542. The Morgan fingerprint density at radius 3 is 2.78 bits per heavy atom. The van der Waals surface area contributed by atoms with Crippen molar-refractivity contribution in [1.29, 1.82) is 0 Å². The van der Waals surface area contributed by atoms with E-state index in [4.69, 9.17) is 21.1 Å². The quantitative estimate of drug-likeness (QED) is 0.465. The molecule has 2 rings (SSSR count). The molecule has 1 aromatic heterocycles. The van der Waals surface area contributed by atoms with E-state index in [9.17, 15) is 14.9 Å². The fourth-order valence-corrected chi connectivity index (χ4v) is 2.66. The predicted octanol–water partition coefficient (Wildman–Crippen LogP) is 3.59. The second kappa shape index (κ2) is 7.91. The zero-order valence-corrected chi connectivity index (χ0v) is 13.6. The Hall–Kier alpha value is -2.16. The molecule has 0 spiro atoms. The largest absolute Gasteiger partial charge is 0.487 e. The van der Waals surface area contributed by atoms with Gasteiger partial charge in [-0.1, -0.05) is 29.0 Å². The van der Waals surface area contributed by atoms with Crippen LogP contribution in [0.2, 0.25) is 5.02 Å². The van der Waals surface area contributed by atoms with Crippen LogP contribution in [0.3, 0.4) is 0 Å². The van der Waals surface area contributed by atoms with Crippen molar-refractivity contribution in [2.45, 2.75) is 0 Å². The molecule has 7 nitrogen and oxygen atoms in total. The number of hydrogen-bond acceptors (Lipinski definition) is 6. The maximum Gasteiger partial charge on any atom is 0.324 e. The fraction of sp³-hybridized carbons (Fsp3) is 0.214. The second-order valence-corrected chi connectivity index (χ2v) is 5.78. The number of nitrogens with zero attached hydrogens (tertiary/aromatic N) is 1. The molecular formula is C14H13ClN2O5S. The Bertz CT molecular complexity index is 719. The lowest BCUT2D eigenvalue weighted by molar-refractivity contribution is -0.380. The van der Waals surface area contributed by atoms with Crippen LogP contribution >= 0.6 is 22.9 Å². The highest BCUT2D eigenvalue weighted by molar-refractivity contribution is 7.17. The fourth-order valence-electron chi connectivity index (χ4n) is 1.71. The lowest BCUT2D eigenvalue weighted by atomic mass is 10.3. The Morgan fingerprint density at radius 1 is 1.35 bits per heavy atom. The molecule has 1 heterocycles. The van der Waals surface area contributed by atoms with Crippen molar-refractivity contribution >= 4 is 39.5 Å². The normalized spacial score (nSPS) is 10.3. The summed E-state index contributed by atoms with van der Waals surface area (Å²) in [5, 5.41) is 13.6. The molecule has 0 fully saturated rings. The van der Waals surface area contributed by atoms with Crippen LogP contribution in [0.15, 0.2) is 30.3 Å². The average Bonchev–Trinajstić information content (AvgIpc) is 3.00. The van der Waals surface area contributed by atoms with Crippen LogP contribution in [0.5, 0.6) is 5.75 Å². The highest BCUT2D eigenvalue weighted by Gasteiger charge is 2.17. The summed E-state index contributed by atoms with van der Waals surface area (Å²) in [5.41, 5.74) is 0.384. The zero-order chi connectivity index (χ0) is 16.8. The van der Waals surface area contributed by atoms with Crippen LogP contribution in [-0.4, -0.2) is 31.2 Å². The van der Waals surface area contributed by atoms with Gasteiger partial charge in [-0.25, -0.2) is 0 Å². The first-order valence-corrected chi connectivity index (χ1v) is 7.68. The summed E-state index contributed by atoms with van der Waals surface area (Å²) in [6, 6.07) is 7.61. The third kappa shape index (κ3) is 4.41. The number of methoxy groups -OCH3 is 1. The van der Waals surface area contributed by atoms with Crippen molar-refractivity contribution in [2.75, 3.05) is 25.6 Å². The van der Waals surface area contributed by atoms with E-state index < -0.39 is 10.8 Å². The summed E-state index contributed by atoms with van der Waals surface area (Å²) >= 11 is 6.87. The summed E-state index contributed by atoms with van der Waals surface area (Å²) in [4.78, 5) is 22.6. The van der Waals surface area contributed by atoms with Crippen LogP contribution in [0, 0.1) is 10.1 Å². The van der Waals surface area contributed by atoms with Gasteiger partial charge in [0.2, 0.25) is 0 Å². The number of carbonyl (C=O) groups excluding carboxylic acids is 1. The van der Waals surface area contributed by atoms with Gasteiger partial charge in [0.1, 0.15) is 6.61 Å². The molecule has 0 unspecified atom stereocenters. The molecule has 0 saturated heterocycles. The Balaban J connectivity index is 2.16. The molecule has 122 valence electrons. The number of rotatable bonds is 7. The number of carbonyl (C=O) groups is 1. The minimum Gasteiger partial charge on any atom is -0.487 e.